The van der Waals surface area contributed by atoms with Gasteiger partial charge in [0, 0.05) is 36.9 Å². The molecule has 7 rings (SSSR count). The summed E-state index contributed by atoms with van der Waals surface area (Å²) in [6, 6.07) is 8.60. The van der Waals surface area contributed by atoms with Crippen LogP contribution in [0.3, 0.4) is 0 Å². The first kappa shape index (κ1) is 38.8. The molecule has 4 saturated carbocycles. The molecule has 1 aliphatic heterocycles. The smallest absolute Gasteiger partial charge is 0.309 e. The highest BCUT2D eigenvalue weighted by molar-refractivity contribution is 6.01. The Bertz CT molecular complexity index is 1700. The topological polar surface area (TPSA) is 104 Å². The summed E-state index contributed by atoms with van der Waals surface area (Å²) < 4.78 is 6.19. The Kier molecular flexibility index (Phi) is 9.14. The highest BCUT2D eigenvalue weighted by Gasteiger charge is 2.74. The van der Waals surface area contributed by atoms with Crippen LogP contribution in [0.5, 0.6) is 0 Å². The Labute approximate surface area is 318 Å². The third-order valence-corrected chi connectivity index (χ3v) is 17.6. The molecule has 0 bridgehead atoms. The van der Waals surface area contributed by atoms with E-state index in [-0.39, 0.29) is 51.3 Å². The van der Waals surface area contributed by atoms with E-state index in [0.29, 0.717) is 24.8 Å². The number of aliphatic hydroxyl groups excluding tert-OH is 1. The van der Waals surface area contributed by atoms with E-state index in [2.05, 4.69) is 84.6 Å². The maximum atomic E-state index is 14.3. The highest BCUT2D eigenvalue weighted by atomic mass is 16.5. The van der Waals surface area contributed by atoms with E-state index in [1.54, 1.807) is 13.8 Å². The molecule has 7 heteroatoms. The van der Waals surface area contributed by atoms with Gasteiger partial charge in [-0.25, -0.2) is 0 Å². The molecule has 1 aromatic carbocycles. The minimum absolute atomic E-state index is 0.0325. The van der Waals surface area contributed by atoms with E-state index in [4.69, 9.17) is 4.74 Å². The fourth-order valence-corrected chi connectivity index (χ4v) is 14.4. The van der Waals surface area contributed by atoms with Crippen molar-refractivity contribution in [1.29, 1.82) is 0 Å². The lowest BCUT2D eigenvalue weighted by molar-refractivity contribution is -0.252. The number of esters is 1. The molecule has 1 heterocycles. The number of rotatable bonds is 8. The minimum atomic E-state index is -1.16. The molecule has 5 aliphatic carbocycles. The van der Waals surface area contributed by atoms with Gasteiger partial charge in [-0.2, -0.15) is 0 Å². The van der Waals surface area contributed by atoms with E-state index < -0.39 is 28.9 Å². The zero-order chi connectivity index (χ0) is 38.7. The number of carboxylic acid groups (broad SMARTS) is 1. The van der Waals surface area contributed by atoms with Crippen LogP contribution in [0.2, 0.25) is 0 Å². The number of benzene rings is 1. The summed E-state index contributed by atoms with van der Waals surface area (Å²) in [7, 11) is 0. The van der Waals surface area contributed by atoms with Crippen molar-refractivity contribution in [3.8, 4) is 0 Å². The number of ether oxygens (including phenoxy) is 1. The summed E-state index contributed by atoms with van der Waals surface area (Å²) in [6.45, 7) is 24.6. The van der Waals surface area contributed by atoms with Gasteiger partial charge in [0.05, 0.1) is 17.9 Å². The van der Waals surface area contributed by atoms with Crippen molar-refractivity contribution in [2.45, 2.75) is 159 Å². The Hall–Kier alpha value is -2.51. The SMILES string of the molecule is CC(C)C1=C2[C@@]([C@@H](O)CN3Cc4ccccc4C3)(CC[C@]3(C)[C@]2(C)CC[C@@H]2[C@@]4(C)CC[C@H](OC(=O)CC(C)(C)C(=O)O)C(C)(C)[C@@H]4CC[C@]23C)CC1=O. The number of hydrogen-bond acceptors (Lipinski definition) is 6. The first-order valence-corrected chi connectivity index (χ1v) is 20.8. The monoisotopic (exact) mass is 729 g/mol. The molecule has 0 aromatic heterocycles. The van der Waals surface area contributed by atoms with Crippen LogP contribution in [-0.4, -0.2) is 51.6 Å². The number of carbonyl (C=O) groups excluding carboxylic acids is 2. The van der Waals surface area contributed by atoms with Gasteiger partial charge in [-0.1, -0.05) is 79.7 Å². The number of nitrogens with zero attached hydrogens (tertiary/aromatic N) is 1. The first-order chi connectivity index (χ1) is 24.6. The lowest BCUT2D eigenvalue weighted by Crippen LogP contribution is -2.69. The predicted molar refractivity (Wildman–Crippen MR) is 207 cm³/mol. The molecule has 2 N–H and O–H groups in total. The molecular weight excluding hydrogens is 663 g/mol. The zero-order valence-corrected chi connectivity index (χ0v) is 34.4. The number of carboxylic acids is 1. The number of carbonyl (C=O) groups is 3. The van der Waals surface area contributed by atoms with Crippen LogP contribution in [0, 0.1) is 55.7 Å². The molecule has 0 unspecified atom stereocenters. The molecule has 7 nitrogen and oxygen atoms in total. The zero-order valence-electron chi connectivity index (χ0n) is 34.4. The maximum absolute atomic E-state index is 14.3. The average molecular weight is 730 g/mol. The standard InChI is InChI=1S/C46H67NO6/c1-28(2)37-31(48)23-46(34(49)27-47-25-29-13-11-12-14-30(29)26-47)22-21-45(10)43(8)19-15-32-41(5,6)35(53-36(50)24-40(3,4)39(51)52)17-18-42(32,7)33(43)16-20-44(45,9)38(37)46/h11-14,28,32-35,49H,15-27H2,1-10H3,(H,51,52)/t32-,33+,34-,35-,42-,43+,44+,45-,46-/m0/s1. The van der Waals surface area contributed by atoms with Crippen molar-refractivity contribution in [2.75, 3.05) is 6.54 Å². The molecule has 292 valence electrons. The molecule has 1 aromatic rings. The number of fused-ring (bicyclic) bond motifs is 8. The third kappa shape index (κ3) is 5.42. The average Bonchev–Trinajstić information content (AvgIpc) is 3.62. The Morgan fingerprint density at radius 2 is 1.53 bits per heavy atom. The van der Waals surface area contributed by atoms with Crippen LogP contribution in [0.25, 0.3) is 0 Å². The minimum Gasteiger partial charge on any atom is -0.481 e. The normalized spacial score (nSPS) is 39.8. The Morgan fingerprint density at radius 1 is 0.906 bits per heavy atom. The summed E-state index contributed by atoms with van der Waals surface area (Å²) in [5.74, 6) is -0.182. The van der Waals surface area contributed by atoms with Crippen LogP contribution in [0.4, 0.5) is 0 Å². The fourth-order valence-electron chi connectivity index (χ4n) is 14.4. The quantitative estimate of drug-likeness (QED) is 0.257. The number of Topliss-reactive ketones (excluding diaryl/α,β-unsaturated/α-hetero) is 1. The van der Waals surface area contributed by atoms with Crippen LogP contribution < -0.4 is 0 Å². The molecule has 53 heavy (non-hydrogen) atoms. The van der Waals surface area contributed by atoms with Gasteiger partial charge in [-0.15, -0.1) is 0 Å². The molecule has 6 aliphatic rings. The van der Waals surface area contributed by atoms with Crippen molar-refractivity contribution in [3.05, 3.63) is 46.5 Å². The molecule has 0 amide bonds. The number of ketones is 1. The van der Waals surface area contributed by atoms with Crippen LogP contribution in [-0.2, 0) is 32.2 Å². The second-order valence-electron chi connectivity index (χ2n) is 21.1. The van der Waals surface area contributed by atoms with E-state index in [0.717, 1.165) is 70.0 Å². The third-order valence-electron chi connectivity index (χ3n) is 17.6. The summed E-state index contributed by atoms with van der Waals surface area (Å²) >= 11 is 0. The van der Waals surface area contributed by atoms with Crippen LogP contribution >= 0.6 is 0 Å². The number of aliphatic carboxylic acids is 1. The van der Waals surface area contributed by atoms with Gasteiger partial charge in [0.2, 0.25) is 0 Å². The second-order valence-corrected chi connectivity index (χ2v) is 21.1. The fraction of sp³-hybridized carbons (Fsp3) is 0.761. The number of allylic oxidation sites excluding steroid dienone is 1. The van der Waals surface area contributed by atoms with E-state index in [1.807, 2.05) is 0 Å². The second kappa shape index (κ2) is 12.5. The summed E-state index contributed by atoms with van der Waals surface area (Å²) in [6.07, 6.45) is 7.29. The largest absolute Gasteiger partial charge is 0.481 e. The number of hydrogen-bond donors (Lipinski definition) is 2. The van der Waals surface area contributed by atoms with Gasteiger partial charge in [-0.05, 0) is 127 Å². The van der Waals surface area contributed by atoms with Crippen molar-refractivity contribution in [2.24, 2.45) is 55.7 Å². The molecule has 9 atom stereocenters. The maximum Gasteiger partial charge on any atom is 0.309 e. The lowest BCUT2D eigenvalue weighted by atomic mass is 9.29. The molecular formula is C46H67NO6. The van der Waals surface area contributed by atoms with Gasteiger partial charge in [0.15, 0.2) is 5.78 Å². The molecule has 0 spiro atoms. The van der Waals surface area contributed by atoms with Crippen molar-refractivity contribution < 1.29 is 29.3 Å². The Balaban J connectivity index is 1.19. The van der Waals surface area contributed by atoms with Gasteiger partial charge in [-0.3, -0.25) is 19.3 Å². The van der Waals surface area contributed by atoms with Gasteiger partial charge >= 0.3 is 11.9 Å². The van der Waals surface area contributed by atoms with Gasteiger partial charge in [0.25, 0.3) is 0 Å². The van der Waals surface area contributed by atoms with E-state index in [1.165, 1.54) is 16.7 Å². The lowest BCUT2D eigenvalue weighted by Gasteiger charge is -2.75. The van der Waals surface area contributed by atoms with Crippen molar-refractivity contribution in [3.63, 3.8) is 0 Å². The van der Waals surface area contributed by atoms with E-state index in [9.17, 15) is 24.6 Å². The number of β-amino-alcohol motifs (C(OH)–C–C–N with tert-alkyl or cyclic N) is 1. The Morgan fingerprint density at radius 3 is 2.13 bits per heavy atom. The van der Waals surface area contributed by atoms with Crippen LogP contribution in [0.1, 0.15) is 145 Å². The van der Waals surface area contributed by atoms with Crippen LogP contribution in [0.15, 0.2) is 35.4 Å². The molecule has 0 radical (unpaired) electrons. The summed E-state index contributed by atoms with van der Waals surface area (Å²) in [4.78, 5) is 41.6. The highest BCUT2D eigenvalue weighted by Crippen LogP contribution is 2.80. The molecule has 0 saturated heterocycles. The summed E-state index contributed by atoms with van der Waals surface area (Å²) in [5, 5.41) is 22.1. The first-order valence-electron chi connectivity index (χ1n) is 20.8. The molecule has 4 fully saturated rings. The van der Waals surface area contributed by atoms with Gasteiger partial charge in [0.1, 0.15) is 6.10 Å². The van der Waals surface area contributed by atoms with Crippen molar-refractivity contribution in [1.82, 2.24) is 4.90 Å². The predicted octanol–water partition coefficient (Wildman–Crippen LogP) is 9.15. The number of aliphatic hydroxyl groups is 1. The van der Waals surface area contributed by atoms with Gasteiger partial charge < -0.3 is 14.9 Å². The van der Waals surface area contributed by atoms with Crippen molar-refractivity contribution >= 4 is 17.7 Å². The van der Waals surface area contributed by atoms with E-state index >= 15 is 0 Å². The summed E-state index contributed by atoms with van der Waals surface area (Å²) in [5.41, 5.74) is 2.91.